The summed E-state index contributed by atoms with van der Waals surface area (Å²) in [7, 11) is 0. The summed E-state index contributed by atoms with van der Waals surface area (Å²) in [6, 6.07) is 14.9. The van der Waals surface area contributed by atoms with Crippen molar-refractivity contribution >= 4 is 17.5 Å². The van der Waals surface area contributed by atoms with E-state index in [1.807, 2.05) is 30.3 Å². The Labute approximate surface area is 160 Å². The van der Waals surface area contributed by atoms with E-state index in [9.17, 15) is 9.18 Å². The number of hydrogen-bond acceptors (Lipinski definition) is 6. The van der Waals surface area contributed by atoms with Crippen molar-refractivity contribution in [3.63, 3.8) is 0 Å². The highest BCUT2D eigenvalue weighted by atomic mass is 32.2. The fourth-order valence-corrected chi connectivity index (χ4v) is 3.16. The first-order valence-electron chi connectivity index (χ1n) is 8.42. The van der Waals surface area contributed by atoms with E-state index >= 15 is 0 Å². The van der Waals surface area contributed by atoms with Crippen molar-refractivity contribution in [2.45, 2.75) is 24.6 Å². The molecule has 27 heavy (non-hydrogen) atoms. The van der Waals surface area contributed by atoms with Crippen LogP contribution in [0.3, 0.4) is 0 Å². The number of Topliss-reactive ketones (excluding diaryl/α,β-unsaturated/α-hetero) is 1. The van der Waals surface area contributed by atoms with E-state index in [4.69, 9.17) is 10.6 Å². The zero-order valence-electron chi connectivity index (χ0n) is 14.5. The zero-order valence-corrected chi connectivity index (χ0v) is 15.4. The molecule has 0 bridgehead atoms. The molecule has 3 aromatic rings. The second-order valence-corrected chi connectivity index (χ2v) is 6.81. The molecule has 140 valence electrons. The number of nitrogens with zero attached hydrogens (tertiary/aromatic N) is 3. The molecule has 0 spiro atoms. The average Bonchev–Trinajstić information content (AvgIpc) is 3.05. The van der Waals surface area contributed by atoms with E-state index in [1.165, 1.54) is 40.7 Å². The van der Waals surface area contributed by atoms with Crippen LogP contribution in [0, 0.1) is 5.82 Å². The number of ketones is 1. The number of nitrogens with two attached hydrogens (primary N) is 1. The maximum absolute atomic E-state index is 12.9. The molecule has 0 aliphatic rings. The molecule has 0 saturated carbocycles. The summed E-state index contributed by atoms with van der Waals surface area (Å²) < 4.78 is 19.8. The number of ether oxygens (including phenoxy) is 1. The van der Waals surface area contributed by atoms with Crippen molar-refractivity contribution in [3.8, 4) is 5.75 Å². The van der Waals surface area contributed by atoms with E-state index in [0.717, 1.165) is 5.56 Å². The molecule has 2 N–H and O–H groups in total. The normalized spacial score (nSPS) is 10.7. The second kappa shape index (κ2) is 9.18. The molecule has 0 aliphatic heterocycles. The summed E-state index contributed by atoms with van der Waals surface area (Å²) in [5.41, 5.74) is 0.727. The van der Waals surface area contributed by atoms with Gasteiger partial charge in [0.25, 0.3) is 0 Å². The Morgan fingerprint density at radius 3 is 2.59 bits per heavy atom. The van der Waals surface area contributed by atoms with E-state index in [2.05, 4.69) is 10.2 Å². The minimum absolute atomic E-state index is 0.124. The summed E-state index contributed by atoms with van der Waals surface area (Å²) in [6.07, 6.45) is 1.18. The molecule has 0 radical (unpaired) electrons. The standard InChI is InChI=1S/C19H19FN4O2S/c20-15-8-10-16(11-9-15)26-13-18-22-23-19(24(18)21)27-12-4-7-17(25)14-5-2-1-3-6-14/h1-3,5-6,8-11H,4,7,12-13,21H2. The smallest absolute Gasteiger partial charge is 0.209 e. The first-order valence-corrected chi connectivity index (χ1v) is 9.41. The van der Waals surface area contributed by atoms with Crippen LogP contribution in [0.5, 0.6) is 5.75 Å². The van der Waals surface area contributed by atoms with Gasteiger partial charge in [-0.3, -0.25) is 4.79 Å². The van der Waals surface area contributed by atoms with Crippen LogP contribution in [0.4, 0.5) is 4.39 Å². The third-order valence-electron chi connectivity index (χ3n) is 3.79. The van der Waals surface area contributed by atoms with Crippen LogP contribution in [-0.4, -0.2) is 26.4 Å². The van der Waals surface area contributed by atoms with Gasteiger partial charge in [-0.2, -0.15) is 0 Å². The second-order valence-electron chi connectivity index (χ2n) is 5.75. The average molecular weight is 386 g/mol. The highest BCUT2D eigenvalue weighted by Crippen LogP contribution is 2.18. The van der Waals surface area contributed by atoms with Gasteiger partial charge in [0.15, 0.2) is 11.6 Å². The van der Waals surface area contributed by atoms with Crippen LogP contribution >= 0.6 is 11.8 Å². The Morgan fingerprint density at radius 2 is 1.85 bits per heavy atom. The maximum atomic E-state index is 12.9. The molecular formula is C19H19FN4O2S. The van der Waals surface area contributed by atoms with Gasteiger partial charge in [-0.1, -0.05) is 42.1 Å². The topological polar surface area (TPSA) is 83.0 Å². The van der Waals surface area contributed by atoms with Crippen LogP contribution in [0.25, 0.3) is 0 Å². The lowest BCUT2D eigenvalue weighted by Crippen LogP contribution is -2.16. The minimum atomic E-state index is -0.325. The SMILES string of the molecule is Nn1c(COc2ccc(F)cc2)nnc1SCCCC(=O)c1ccccc1. The van der Waals surface area contributed by atoms with Crippen LogP contribution in [-0.2, 0) is 6.61 Å². The molecule has 0 saturated heterocycles. The van der Waals surface area contributed by atoms with Gasteiger partial charge in [-0.05, 0) is 30.7 Å². The van der Waals surface area contributed by atoms with Crippen molar-refractivity contribution in [1.29, 1.82) is 0 Å². The summed E-state index contributed by atoms with van der Waals surface area (Å²) >= 11 is 1.44. The van der Waals surface area contributed by atoms with Crippen LogP contribution in [0.15, 0.2) is 59.8 Å². The summed E-state index contributed by atoms with van der Waals surface area (Å²) in [5.74, 6) is 7.47. The Morgan fingerprint density at radius 1 is 1.11 bits per heavy atom. The number of benzene rings is 2. The van der Waals surface area contributed by atoms with Gasteiger partial charge in [-0.15, -0.1) is 10.2 Å². The van der Waals surface area contributed by atoms with Crippen LogP contribution < -0.4 is 10.6 Å². The first kappa shape index (κ1) is 18.9. The van der Waals surface area contributed by atoms with Crippen molar-refractivity contribution < 1.29 is 13.9 Å². The number of aromatic nitrogens is 3. The number of halogens is 1. The van der Waals surface area contributed by atoms with Gasteiger partial charge in [0.1, 0.15) is 18.2 Å². The summed E-state index contributed by atoms with van der Waals surface area (Å²) in [6.45, 7) is 0.127. The van der Waals surface area contributed by atoms with Crippen molar-refractivity contribution in [3.05, 3.63) is 71.8 Å². The molecule has 0 amide bonds. The molecule has 0 unspecified atom stereocenters. The van der Waals surface area contributed by atoms with Gasteiger partial charge in [0.2, 0.25) is 5.16 Å². The third-order valence-corrected chi connectivity index (χ3v) is 4.82. The first-order chi connectivity index (χ1) is 13.1. The number of carbonyl (C=O) groups is 1. The molecule has 0 aliphatic carbocycles. The minimum Gasteiger partial charge on any atom is -0.486 e. The zero-order chi connectivity index (χ0) is 19.1. The molecule has 2 aromatic carbocycles. The van der Waals surface area contributed by atoms with Crippen LogP contribution in [0.1, 0.15) is 29.0 Å². The Hall–Kier alpha value is -2.87. The maximum Gasteiger partial charge on any atom is 0.209 e. The Bertz CT molecular complexity index is 884. The fraction of sp³-hybridized carbons (Fsp3) is 0.211. The molecule has 0 fully saturated rings. The largest absolute Gasteiger partial charge is 0.486 e. The number of thioether (sulfide) groups is 1. The van der Waals surface area contributed by atoms with E-state index < -0.39 is 0 Å². The van der Waals surface area contributed by atoms with Crippen molar-refractivity contribution in [2.24, 2.45) is 0 Å². The number of hydrogen-bond donors (Lipinski definition) is 1. The predicted molar refractivity (Wildman–Crippen MR) is 102 cm³/mol. The van der Waals surface area contributed by atoms with Crippen molar-refractivity contribution in [2.75, 3.05) is 11.6 Å². The Balaban J connectivity index is 1.44. The lowest BCUT2D eigenvalue weighted by atomic mass is 10.1. The highest BCUT2D eigenvalue weighted by molar-refractivity contribution is 7.99. The molecule has 6 nitrogen and oxygen atoms in total. The lowest BCUT2D eigenvalue weighted by molar-refractivity contribution is 0.0982. The molecule has 1 heterocycles. The molecule has 1 aromatic heterocycles. The molecular weight excluding hydrogens is 367 g/mol. The van der Waals surface area contributed by atoms with E-state index in [0.29, 0.717) is 35.3 Å². The van der Waals surface area contributed by atoms with Gasteiger partial charge >= 0.3 is 0 Å². The summed E-state index contributed by atoms with van der Waals surface area (Å²) in [4.78, 5) is 12.1. The fourth-order valence-electron chi connectivity index (χ4n) is 2.35. The predicted octanol–water partition coefficient (Wildman–Crippen LogP) is 3.47. The van der Waals surface area contributed by atoms with Gasteiger partial charge in [0.05, 0.1) is 0 Å². The Kier molecular flexibility index (Phi) is 6.43. The van der Waals surface area contributed by atoms with Gasteiger partial charge in [-0.25, -0.2) is 9.07 Å². The van der Waals surface area contributed by atoms with E-state index in [-0.39, 0.29) is 18.2 Å². The van der Waals surface area contributed by atoms with Crippen LogP contribution in [0.2, 0.25) is 0 Å². The highest BCUT2D eigenvalue weighted by Gasteiger charge is 2.11. The van der Waals surface area contributed by atoms with Crippen molar-refractivity contribution in [1.82, 2.24) is 14.9 Å². The lowest BCUT2D eigenvalue weighted by Gasteiger charge is -2.06. The van der Waals surface area contributed by atoms with Gasteiger partial charge in [0, 0.05) is 17.7 Å². The number of nitrogen functional groups attached to an aromatic ring is 1. The molecule has 0 atom stereocenters. The van der Waals surface area contributed by atoms with E-state index in [1.54, 1.807) is 0 Å². The quantitative estimate of drug-likeness (QED) is 0.262. The van der Waals surface area contributed by atoms with Gasteiger partial charge < -0.3 is 10.6 Å². The molecule has 8 heteroatoms. The number of carbonyl (C=O) groups excluding carboxylic acids is 1. The summed E-state index contributed by atoms with van der Waals surface area (Å²) in [5, 5.41) is 8.61. The molecule has 3 rings (SSSR count). The monoisotopic (exact) mass is 386 g/mol. The number of rotatable bonds is 9. The third kappa shape index (κ3) is 5.30.